The molecule has 1 aromatic rings. The first-order valence-corrected chi connectivity index (χ1v) is 6.19. The van der Waals surface area contributed by atoms with Gasteiger partial charge in [0.15, 0.2) is 0 Å². The van der Waals surface area contributed by atoms with Gasteiger partial charge in [-0.05, 0) is 44.1 Å². The number of hydrogen-bond donors (Lipinski definition) is 1. The highest BCUT2D eigenvalue weighted by atomic mass is 16.5. The van der Waals surface area contributed by atoms with Gasteiger partial charge in [-0.1, -0.05) is 0 Å². The summed E-state index contributed by atoms with van der Waals surface area (Å²) >= 11 is 0. The summed E-state index contributed by atoms with van der Waals surface area (Å²) in [6.07, 6.45) is 10.5. The highest BCUT2D eigenvalue weighted by Crippen LogP contribution is 2.43. The van der Waals surface area contributed by atoms with E-state index in [1.807, 2.05) is 6.07 Å². The molecule has 2 fully saturated rings. The second-order valence-corrected chi connectivity index (χ2v) is 4.94. The maximum atomic E-state index is 6.17. The summed E-state index contributed by atoms with van der Waals surface area (Å²) in [5.74, 6) is 0.825. The van der Waals surface area contributed by atoms with Crippen molar-refractivity contribution in [2.45, 2.75) is 44.3 Å². The van der Waals surface area contributed by atoms with Crippen molar-refractivity contribution in [3.8, 4) is 0 Å². The summed E-state index contributed by atoms with van der Waals surface area (Å²) in [5, 5.41) is 0. The number of anilines is 1. The molecule has 1 aromatic heterocycles. The molecule has 0 bridgehead atoms. The van der Waals surface area contributed by atoms with E-state index in [-0.39, 0.29) is 6.10 Å². The van der Waals surface area contributed by atoms with E-state index in [2.05, 4.69) is 4.98 Å². The van der Waals surface area contributed by atoms with Crippen molar-refractivity contribution < 1.29 is 4.74 Å². The van der Waals surface area contributed by atoms with Crippen LogP contribution in [0, 0.1) is 5.92 Å². The molecule has 0 aromatic carbocycles. The molecule has 1 saturated carbocycles. The first kappa shape index (κ1) is 10.1. The summed E-state index contributed by atoms with van der Waals surface area (Å²) < 4.78 is 6.17. The summed E-state index contributed by atoms with van der Waals surface area (Å²) in [4.78, 5) is 4.03. The molecule has 2 atom stereocenters. The Morgan fingerprint density at radius 1 is 1.25 bits per heavy atom. The number of nitrogens with two attached hydrogens (primary N) is 1. The lowest BCUT2D eigenvalue weighted by atomic mass is 9.96. The third kappa shape index (κ3) is 1.92. The third-order valence-corrected chi connectivity index (χ3v) is 3.68. The average molecular weight is 218 g/mol. The average Bonchev–Trinajstić information content (AvgIpc) is 3.14. The molecule has 0 unspecified atom stereocenters. The molecule has 0 spiro atoms. The van der Waals surface area contributed by atoms with Gasteiger partial charge in [0.05, 0.1) is 24.1 Å². The number of hydrogen-bond acceptors (Lipinski definition) is 3. The van der Waals surface area contributed by atoms with Crippen LogP contribution in [0.25, 0.3) is 0 Å². The maximum Gasteiger partial charge on any atom is 0.0849 e. The minimum atomic E-state index is 0.197. The highest BCUT2D eigenvalue weighted by Gasteiger charge is 2.36. The molecule has 3 nitrogen and oxygen atoms in total. The first-order valence-electron chi connectivity index (χ1n) is 6.19. The summed E-state index contributed by atoms with van der Waals surface area (Å²) in [7, 11) is 0. The smallest absolute Gasteiger partial charge is 0.0849 e. The summed E-state index contributed by atoms with van der Waals surface area (Å²) in [6, 6.07) is 2.00. The van der Waals surface area contributed by atoms with Gasteiger partial charge in [-0.25, -0.2) is 0 Å². The summed E-state index contributed by atoms with van der Waals surface area (Å²) in [6.45, 7) is 0. The van der Waals surface area contributed by atoms with E-state index in [0.717, 1.165) is 23.6 Å². The Morgan fingerprint density at radius 3 is 2.88 bits per heavy atom. The van der Waals surface area contributed by atoms with Gasteiger partial charge in [-0.15, -0.1) is 0 Å². The molecule has 16 heavy (non-hydrogen) atoms. The Bertz CT molecular complexity index is 376. The molecule has 86 valence electrons. The SMILES string of the molecule is Nc1cnccc1[C@@H]1CCC[C@@H](C2CC2)O1. The molecule has 3 rings (SSSR count). The van der Waals surface area contributed by atoms with E-state index in [1.165, 1.54) is 25.7 Å². The van der Waals surface area contributed by atoms with Crippen LogP contribution in [0.3, 0.4) is 0 Å². The second kappa shape index (κ2) is 4.06. The van der Waals surface area contributed by atoms with Crippen LogP contribution in [0.5, 0.6) is 0 Å². The van der Waals surface area contributed by atoms with Crippen molar-refractivity contribution in [2.75, 3.05) is 5.73 Å². The van der Waals surface area contributed by atoms with Crippen LogP contribution in [0.15, 0.2) is 18.5 Å². The van der Waals surface area contributed by atoms with Crippen molar-refractivity contribution in [3.63, 3.8) is 0 Å². The zero-order valence-corrected chi connectivity index (χ0v) is 9.43. The second-order valence-electron chi connectivity index (χ2n) is 4.94. The molecule has 1 aliphatic heterocycles. The molecule has 1 saturated heterocycles. The van der Waals surface area contributed by atoms with Crippen molar-refractivity contribution in [1.82, 2.24) is 4.98 Å². The maximum absolute atomic E-state index is 6.17. The molecule has 2 heterocycles. The van der Waals surface area contributed by atoms with E-state index in [9.17, 15) is 0 Å². The van der Waals surface area contributed by atoms with Gasteiger partial charge in [-0.3, -0.25) is 4.98 Å². The van der Waals surface area contributed by atoms with E-state index in [0.29, 0.717) is 6.10 Å². The molecular formula is C13H18N2O. The number of nitrogen functional groups attached to an aromatic ring is 1. The number of rotatable bonds is 2. The van der Waals surface area contributed by atoms with E-state index in [4.69, 9.17) is 10.5 Å². The fourth-order valence-electron chi connectivity index (χ4n) is 2.61. The Morgan fingerprint density at radius 2 is 2.12 bits per heavy atom. The predicted octanol–water partition coefficient (Wildman–Crippen LogP) is 2.68. The van der Waals surface area contributed by atoms with Crippen molar-refractivity contribution in [2.24, 2.45) is 5.92 Å². The number of aromatic nitrogens is 1. The lowest BCUT2D eigenvalue weighted by molar-refractivity contribution is -0.0615. The Balaban J connectivity index is 1.76. The molecule has 1 aliphatic carbocycles. The highest BCUT2D eigenvalue weighted by molar-refractivity contribution is 5.45. The van der Waals surface area contributed by atoms with E-state index < -0.39 is 0 Å². The quantitative estimate of drug-likeness (QED) is 0.830. The predicted molar refractivity (Wildman–Crippen MR) is 62.8 cm³/mol. The molecule has 2 aliphatic rings. The molecule has 0 radical (unpaired) electrons. The number of ether oxygens (including phenoxy) is 1. The van der Waals surface area contributed by atoms with Crippen LogP contribution in [-0.2, 0) is 4.74 Å². The third-order valence-electron chi connectivity index (χ3n) is 3.68. The van der Waals surface area contributed by atoms with Gasteiger partial charge >= 0.3 is 0 Å². The van der Waals surface area contributed by atoms with Crippen LogP contribution in [-0.4, -0.2) is 11.1 Å². The normalized spacial score (nSPS) is 30.2. The Labute approximate surface area is 96.0 Å². The van der Waals surface area contributed by atoms with Crippen LogP contribution in [0.2, 0.25) is 0 Å². The molecule has 0 amide bonds. The molecule has 3 heteroatoms. The van der Waals surface area contributed by atoms with Gasteiger partial charge in [0.1, 0.15) is 0 Å². The van der Waals surface area contributed by atoms with Crippen LogP contribution >= 0.6 is 0 Å². The molecule has 2 N–H and O–H groups in total. The molecular weight excluding hydrogens is 200 g/mol. The van der Waals surface area contributed by atoms with Gasteiger partial charge < -0.3 is 10.5 Å². The van der Waals surface area contributed by atoms with Crippen molar-refractivity contribution >= 4 is 5.69 Å². The fraction of sp³-hybridized carbons (Fsp3) is 0.615. The first-order chi connectivity index (χ1) is 7.84. The minimum Gasteiger partial charge on any atom is -0.397 e. The lowest BCUT2D eigenvalue weighted by Crippen LogP contribution is -2.24. The topological polar surface area (TPSA) is 48.1 Å². The van der Waals surface area contributed by atoms with Gasteiger partial charge in [0, 0.05) is 11.8 Å². The largest absolute Gasteiger partial charge is 0.397 e. The van der Waals surface area contributed by atoms with Crippen molar-refractivity contribution in [1.29, 1.82) is 0 Å². The van der Waals surface area contributed by atoms with E-state index in [1.54, 1.807) is 12.4 Å². The fourth-order valence-corrected chi connectivity index (χ4v) is 2.61. The Kier molecular flexibility index (Phi) is 2.56. The zero-order valence-electron chi connectivity index (χ0n) is 9.43. The van der Waals surface area contributed by atoms with Gasteiger partial charge in [-0.2, -0.15) is 0 Å². The van der Waals surface area contributed by atoms with Crippen LogP contribution < -0.4 is 5.73 Å². The van der Waals surface area contributed by atoms with Crippen molar-refractivity contribution in [3.05, 3.63) is 24.0 Å². The van der Waals surface area contributed by atoms with Crippen LogP contribution in [0.1, 0.15) is 43.8 Å². The zero-order chi connectivity index (χ0) is 11.0. The Hall–Kier alpha value is -1.09. The summed E-state index contributed by atoms with van der Waals surface area (Å²) in [5.41, 5.74) is 7.84. The minimum absolute atomic E-state index is 0.197. The number of pyridine rings is 1. The van der Waals surface area contributed by atoms with Gasteiger partial charge in [0.25, 0.3) is 0 Å². The lowest BCUT2D eigenvalue weighted by Gasteiger charge is -2.31. The van der Waals surface area contributed by atoms with E-state index >= 15 is 0 Å². The van der Waals surface area contributed by atoms with Gasteiger partial charge in [0.2, 0.25) is 0 Å². The monoisotopic (exact) mass is 218 g/mol. The van der Waals surface area contributed by atoms with Crippen LogP contribution in [0.4, 0.5) is 5.69 Å². The standard InChI is InChI=1S/C13H18N2O/c14-11-8-15-7-6-10(11)13-3-1-2-12(16-13)9-4-5-9/h6-9,12-13H,1-5,14H2/t12-,13-/m0/s1. The number of nitrogens with zero attached hydrogens (tertiary/aromatic N) is 1.